The number of nitrogens with one attached hydrogen (secondary N) is 1. The zero-order chi connectivity index (χ0) is 17.6. The van der Waals surface area contributed by atoms with Crippen LogP contribution in [0.25, 0.3) is 11.4 Å². The number of fused-ring (bicyclic) bond motifs is 3. The summed E-state index contributed by atoms with van der Waals surface area (Å²) in [6.07, 6.45) is 3.85. The van der Waals surface area contributed by atoms with Gasteiger partial charge in [0.2, 0.25) is 0 Å². The van der Waals surface area contributed by atoms with E-state index in [1.54, 1.807) is 36.0 Å². The van der Waals surface area contributed by atoms with Gasteiger partial charge in [0.25, 0.3) is 5.91 Å². The molecule has 2 bridgehead atoms. The summed E-state index contributed by atoms with van der Waals surface area (Å²) in [7, 11) is 1.78. The Kier molecular flexibility index (Phi) is 4.07. The number of amides is 1. The zero-order valence-corrected chi connectivity index (χ0v) is 14.6. The number of carbonyl (C=O) groups excluding carboxylic acids is 1. The van der Waals surface area contributed by atoms with Gasteiger partial charge in [0.1, 0.15) is 11.4 Å². The van der Waals surface area contributed by atoms with Gasteiger partial charge in [-0.05, 0) is 63.0 Å². The molecule has 1 N–H and O–H groups in total. The highest BCUT2D eigenvalue weighted by Crippen LogP contribution is 2.32. The summed E-state index contributed by atoms with van der Waals surface area (Å²) < 4.78 is 15.7. The van der Waals surface area contributed by atoms with Crippen LogP contribution >= 0.6 is 0 Å². The SMILES string of the molecule is C[C@H]1[C@H](NC(=O)c2ccc(-c3ncccc3F)n2C)C2CCN1CC2. The molecule has 0 radical (unpaired) electrons. The maximum Gasteiger partial charge on any atom is 0.268 e. The van der Waals surface area contributed by atoms with E-state index in [9.17, 15) is 9.18 Å². The van der Waals surface area contributed by atoms with Gasteiger partial charge in [-0.25, -0.2) is 4.39 Å². The van der Waals surface area contributed by atoms with E-state index < -0.39 is 0 Å². The van der Waals surface area contributed by atoms with Gasteiger partial charge in [0.15, 0.2) is 5.82 Å². The lowest BCUT2D eigenvalue weighted by molar-refractivity contribution is 0.0215. The molecule has 3 aliphatic heterocycles. The molecule has 5 rings (SSSR count). The fourth-order valence-electron chi connectivity index (χ4n) is 4.32. The molecule has 132 valence electrons. The van der Waals surface area contributed by atoms with Crippen LogP contribution in [0.15, 0.2) is 30.5 Å². The number of halogens is 1. The van der Waals surface area contributed by atoms with Gasteiger partial charge in [0, 0.05) is 25.3 Å². The van der Waals surface area contributed by atoms with Crippen molar-refractivity contribution in [2.75, 3.05) is 13.1 Å². The van der Waals surface area contributed by atoms with Crippen molar-refractivity contribution in [1.29, 1.82) is 0 Å². The Morgan fingerprint density at radius 2 is 2.04 bits per heavy atom. The highest BCUT2D eigenvalue weighted by atomic mass is 19.1. The molecule has 3 saturated heterocycles. The highest BCUT2D eigenvalue weighted by Gasteiger charge is 2.40. The molecule has 1 amide bonds. The smallest absolute Gasteiger partial charge is 0.268 e. The van der Waals surface area contributed by atoms with Crippen molar-refractivity contribution >= 4 is 5.91 Å². The molecular formula is C19H23FN4O. The first-order chi connectivity index (χ1) is 12.1. The van der Waals surface area contributed by atoms with Crippen molar-refractivity contribution in [3.05, 3.63) is 42.0 Å². The Labute approximate surface area is 146 Å². The van der Waals surface area contributed by atoms with Crippen molar-refractivity contribution < 1.29 is 9.18 Å². The Hall–Kier alpha value is -2.21. The molecule has 0 aliphatic carbocycles. The zero-order valence-electron chi connectivity index (χ0n) is 14.6. The Balaban J connectivity index is 1.57. The third kappa shape index (κ3) is 2.74. The maximum atomic E-state index is 14.0. The van der Waals surface area contributed by atoms with E-state index in [4.69, 9.17) is 0 Å². The van der Waals surface area contributed by atoms with Crippen LogP contribution in [0.1, 0.15) is 30.3 Å². The van der Waals surface area contributed by atoms with Crippen LogP contribution in [0.3, 0.4) is 0 Å². The monoisotopic (exact) mass is 342 g/mol. The van der Waals surface area contributed by atoms with Gasteiger partial charge in [-0.15, -0.1) is 0 Å². The van der Waals surface area contributed by atoms with Crippen molar-refractivity contribution in [3.8, 4) is 11.4 Å². The lowest BCUT2D eigenvalue weighted by Gasteiger charge is -2.49. The minimum absolute atomic E-state index is 0.101. The van der Waals surface area contributed by atoms with E-state index in [-0.39, 0.29) is 23.5 Å². The average Bonchev–Trinajstić information content (AvgIpc) is 3.00. The summed E-state index contributed by atoms with van der Waals surface area (Å²) in [5, 5.41) is 3.22. The minimum atomic E-state index is -0.387. The number of hydrogen-bond donors (Lipinski definition) is 1. The third-order valence-corrected chi connectivity index (χ3v) is 5.83. The summed E-state index contributed by atoms with van der Waals surface area (Å²) in [5.74, 6) is 0.0642. The second kappa shape index (κ2) is 6.26. The van der Waals surface area contributed by atoms with E-state index in [1.807, 2.05) is 0 Å². The lowest BCUT2D eigenvalue weighted by atomic mass is 9.79. The van der Waals surface area contributed by atoms with Crippen molar-refractivity contribution in [1.82, 2.24) is 19.8 Å². The van der Waals surface area contributed by atoms with Crippen LogP contribution in [-0.4, -0.2) is 45.5 Å². The van der Waals surface area contributed by atoms with Crippen LogP contribution in [-0.2, 0) is 7.05 Å². The largest absolute Gasteiger partial charge is 0.346 e. The summed E-state index contributed by atoms with van der Waals surface area (Å²) >= 11 is 0. The molecule has 6 heteroatoms. The number of hydrogen-bond acceptors (Lipinski definition) is 3. The molecule has 5 heterocycles. The standard InChI is InChI=1S/C19H23FN4O/c1-12-17(13-7-10-24(12)11-8-13)22-19(25)16-6-5-15(23(16)2)18-14(20)4-3-9-21-18/h3-6,9,12-13,17H,7-8,10-11H2,1-2H3,(H,22,25)/t12-,17-/m0/s1. The van der Waals surface area contributed by atoms with E-state index >= 15 is 0 Å². The molecule has 3 fully saturated rings. The first-order valence-corrected chi connectivity index (χ1v) is 8.88. The number of piperidine rings is 3. The van der Waals surface area contributed by atoms with Gasteiger partial charge in [-0.3, -0.25) is 14.7 Å². The van der Waals surface area contributed by atoms with Gasteiger partial charge < -0.3 is 9.88 Å². The molecule has 2 aromatic rings. The molecule has 0 unspecified atom stereocenters. The molecule has 5 nitrogen and oxygen atoms in total. The number of aromatic nitrogens is 2. The van der Waals surface area contributed by atoms with Gasteiger partial charge >= 0.3 is 0 Å². The van der Waals surface area contributed by atoms with Crippen LogP contribution in [0.4, 0.5) is 4.39 Å². The summed E-state index contributed by atoms with van der Waals surface area (Å²) in [6, 6.07) is 6.98. The summed E-state index contributed by atoms with van der Waals surface area (Å²) in [5.41, 5.74) is 1.40. The van der Waals surface area contributed by atoms with Gasteiger partial charge in [-0.2, -0.15) is 0 Å². The van der Waals surface area contributed by atoms with Crippen LogP contribution in [0, 0.1) is 11.7 Å². The first-order valence-electron chi connectivity index (χ1n) is 8.88. The predicted octanol–water partition coefficient (Wildman–Crippen LogP) is 2.44. The van der Waals surface area contributed by atoms with Gasteiger partial charge in [0.05, 0.1) is 5.69 Å². The van der Waals surface area contributed by atoms with Crippen LogP contribution in [0.2, 0.25) is 0 Å². The average molecular weight is 342 g/mol. The molecule has 0 aromatic carbocycles. The quantitative estimate of drug-likeness (QED) is 0.932. The number of rotatable bonds is 3. The second-order valence-electron chi connectivity index (χ2n) is 7.11. The fraction of sp³-hybridized carbons (Fsp3) is 0.474. The summed E-state index contributed by atoms with van der Waals surface area (Å²) in [4.78, 5) is 19.4. The maximum absolute atomic E-state index is 14.0. The molecule has 3 aliphatic rings. The minimum Gasteiger partial charge on any atom is -0.346 e. The van der Waals surface area contributed by atoms with E-state index in [2.05, 4.69) is 22.1 Å². The fourth-order valence-corrected chi connectivity index (χ4v) is 4.32. The predicted molar refractivity (Wildman–Crippen MR) is 93.6 cm³/mol. The topological polar surface area (TPSA) is 50.2 Å². The Bertz CT molecular complexity index is 792. The lowest BCUT2D eigenvalue weighted by Crippen LogP contribution is -2.62. The number of nitrogens with zero attached hydrogens (tertiary/aromatic N) is 3. The Morgan fingerprint density at radius 1 is 1.28 bits per heavy atom. The first kappa shape index (κ1) is 16.3. The van der Waals surface area contributed by atoms with Crippen molar-refractivity contribution in [3.63, 3.8) is 0 Å². The Morgan fingerprint density at radius 3 is 2.72 bits per heavy atom. The van der Waals surface area contributed by atoms with Crippen LogP contribution < -0.4 is 5.32 Å². The van der Waals surface area contributed by atoms with Crippen molar-refractivity contribution in [2.24, 2.45) is 13.0 Å². The molecule has 0 saturated carbocycles. The normalized spacial score (nSPS) is 28.1. The van der Waals surface area contributed by atoms with E-state index in [0.29, 0.717) is 23.3 Å². The molecule has 2 atom stereocenters. The molecule has 0 spiro atoms. The number of carbonyl (C=O) groups is 1. The van der Waals surface area contributed by atoms with Crippen molar-refractivity contribution in [2.45, 2.75) is 31.8 Å². The molecular weight excluding hydrogens is 319 g/mol. The van der Waals surface area contributed by atoms with E-state index in [1.165, 1.54) is 6.07 Å². The summed E-state index contributed by atoms with van der Waals surface area (Å²) in [6.45, 7) is 4.45. The third-order valence-electron chi connectivity index (χ3n) is 5.83. The molecule has 25 heavy (non-hydrogen) atoms. The van der Waals surface area contributed by atoms with Crippen LogP contribution in [0.5, 0.6) is 0 Å². The second-order valence-corrected chi connectivity index (χ2v) is 7.11. The van der Waals surface area contributed by atoms with E-state index in [0.717, 1.165) is 25.9 Å². The molecule has 2 aromatic heterocycles. The number of pyridine rings is 1. The van der Waals surface area contributed by atoms with Gasteiger partial charge in [-0.1, -0.05) is 0 Å². The highest BCUT2D eigenvalue weighted by molar-refractivity contribution is 5.94.